The lowest BCUT2D eigenvalue weighted by Crippen LogP contribution is -2.42. The molecule has 0 aliphatic rings. The van der Waals surface area contributed by atoms with Gasteiger partial charge in [-0.25, -0.2) is 0 Å². The van der Waals surface area contributed by atoms with Gasteiger partial charge in [-0.1, -0.05) is 12.1 Å². The van der Waals surface area contributed by atoms with E-state index < -0.39 is 11.5 Å². The van der Waals surface area contributed by atoms with Crippen LogP contribution in [-0.4, -0.2) is 23.2 Å². The zero-order valence-electron chi connectivity index (χ0n) is 13.1. The summed E-state index contributed by atoms with van der Waals surface area (Å²) in [5.41, 5.74) is -1.13. The van der Waals surface area contributed by atoms with Gasteiger partial charge >= 0.3 is 0 Å². The maximum atomic E-state index is 12.2. The van der Waals surface area contributed by atoms with Gasteiger partial charge in [0, 0.05) is 19.0 Å². The van der Waals surface area contributed by atoms with Crippen molar-refractivity contribution in [2.24, 2.45) is 0 Å². The van der Waals surface area contributed by atoms with Crippen LogP contribution in [0.2, 0.25) is 0 Å². The zero-order chi connectivity index (χ0) is 17.2. The standard InChI is InChI=1S/C18H17NO5/c1-18(22,10-12-5-4-8-23-12)11-19-17(21)16-9-14(20)13-6-2-3-7-15(13)24-16/h2-9,22H,10-11H2,1H3,(H,19,21). The largest absolute Gasteiger partial charge is 0.469 e. The smallest absolute Gasteiger partial charge is 0.287 e. The zero-order valence-corrected chi connectivity index (χ0v) is 13.1. The van der Waals surface area contributed by atoms with Gasteiger partial charge in [0.1, 0.15) is 11.3 Å². The minimum absolute atomic E-state index is 0.0108. The van der Waals surface area contributed by atoms with Gasteiger partial charge in [0.15, 0.2) is 11.2 Å². The molecule has 0 saturated heterocycles. The molecule has 0 radical (unpaired) electrons. The van der Waals surface area contributed by atoms with Gasteiger partial charge in [-0.15, -0.1) is 0 Å². The van der Waals surface area contributed by atoms with E-state index >= 15 is 0 Å². The lowest BCUT2D eigenvalue weighted by molar-refractivity contribution is 0.0503. The summed E-state index contributed by atoms with van der Waals surface area (Å²) in [4.78, 5) is 24.2. The molecule has 2 heterocycles. The van der Waals surface area contributed by atoms with Gasteiger partial charge < -0.3 is 19.3 Å². The molecular formula is C18H17NO5. The quantitative estimate of drug-likeness (QED) is 0.749. The fourth-order valence-electron chi connectivity index (χ4n) is 2.42. The highest BCUT2D eigenvalue weighted by atomic mass is 16.3. The number of carbonyl (C=O) groups excluding carboxylic acids is 1. The molecule has 2 N–H and O–H groups in total. The molecule has 6 nitrogen and oxygen atoms in total. The molecule has 6 heteroatoms. The van der Waals surface area contributed by atoms with Crippen molar-refractivity contribution in [3.05, 3.63) is 70.5 Å². The predicted molar refractivity (Wildman–Crippen MR) is 87.9 cm³/mol. The minimum atomic E-state index is -1.19. The molecule has 1 unspecified atom stereocenters. The van der Waals surface area contributed by atoms with E-state index in [1.165, 1.54) is 6.26 Å². The molecule has 0 aliphatic heterocycles. The molecule has 3 rings (SSSR count). The molecule has 1 atom stereocenters. The molecule has 124 valence electrons. The Hall–Kier alpha value is -2.86. The average molecular weight is 327 g/mol. The molecule has 0 bridgehead atoms. The lowest BCUT2D eigenvalue weighted by atomic mass is 10.0. The number of para-hydroxylation sites is 1. The van der Waals surface area contributed by atoms with Crippen LogP contribution in [0.5, 0.6) is 0 Å². The molecule has 1 aromatic carbocycles. The van der Waals surface area contributed by atoms with Crippen molar-refractivity contribution in [3.63, 3.8) is 0 Å². The summed E-state index contributed by atoms with van der Waals surface area (Å²) in [6.45, 7) is 1.58. The van der Waals surface area contributed by atoms with Crippen LogP contribution < -0.4 is 10.7 Å². The number of carbonyl (C=O) groups is 1. The molecule has 0 saturated carbocycles. The number of rotatable bonds is 5. The number of amides is 1. The van der Waals surface area contributed by atoms with Crippen LogP contribution in [0, 0.1) is 0 Å². The third-order valence-corrected chi connectivity index (χ3v) is 3.62. The summed E-state index contributed by atoms with van der Waals surface area (Å²) in [5.74, 6) is -0.0310. The van der Waals surface area contributed by atoms with E-state index in [0.717, 1.165) is 6.07 Å². The van der Waals surface area contributed by atoms with E-state index in [4.69, 9.17) is 8.83 Å². The number of hydrogen-bond acceptors (Lipinski definition) is 5. The Morgan fingerprint density at radius 2 is 2.04 bits per heavy atom. The van der Waals surface area contributed by atoms with Crippen LogP contribution in [0.15, 0.2) is 62.4 Å². The second-order valence-electron chi connectivity index (χ2n) is 5.91. The highest BCUT2D eigenvalue weighted by Gasteiger charge is 2.24. The SMILES string of the molecule is CC(O)(CNC(=O)c1cc(=O)c2ccccc2o1)Cc1ccco1. The maximum absolute atomic E-state index is 12.2. The van der Waals surface area contributed by atoms with E-state index in [-0.39, 0.29) is 24.2 Å². The predicted octanol–water partition coefficient (Wildman–Crippen LogP) is 2.11. The molecule has 2 aromatic heterocycles. The number of fused-ring (bicyclic) bond motifs is 1. The van der Waals surface area contributed by atoms with Gasteiger partial charge in [0.25, 0.3) is 5.91 Å². The fourth-order valence-corrected chi connectivity index (χ4v) is 2.42. The Balaban J connectivity index is 1.72. The summed E-state index contributed by atoms with van der Waals surface area (Å²) >= 11 is 0. The van der Waals surface area contributed by atoms with Crippen molar-refractivity contribution < 1.29 is 18.7 Å². The lowest BCUT2D eigenvalue weighted by Gasteiger charge is -2.22. The van der Waals surface area contributed by atoms with Crippen molar-refractivity contribution in [3.8, 4) is 0 Å². The molecule has 3 aromatic rings. The topological polar surface area (TPSA) is 92.7 Å². The van der Waals surface area contributed by atoms with Crippen LogP contribution in [-0.2, 0) is 6.42 Å². The van der Waals surface area contributed by atoms with Crippen LogP contribution in [0.25, 0.3) is 11.0 Å². The number of nitrogens with one attached hydrogen (secondary N) is 1. The molecule has 0 spiro atoms. The van der Waals surface area contributed by atoms with Gasteiger partial charge in [0.05, 0.1) is 17.3 Å². The number of aliphatic hydroxyl groups is 1. The van der Waals surface area contributed by atoms with E-state index in [0.29, 0.717) is 16.7 Å². The molecule has 1 amide bonds. The van der Waals surface area contributed by atoms with Crippen molar-refractivity contribution >= 4 is 16.9 Å². The molecule has 0 aliphatic carbocycles. The highest BCUT2D eigenvalue weighted by Crippen LogP contribution is 2.14. The highest BCUT2D eigenvalue weighted by molar-refractivity contribution is 5.93. The summed E-state index contributed by atoms with van der Waals surface area (Å²) in [6.07, 6.45) is 1.77. The minimum Gasteiger partial charge on any atom is -0.469 e. The first-order valence-electron chi connectivity index (χ1n) is 7.50. The summed E-state index contributed by atoms with van der Waals surface area (Å²) < 4.78 is 10.7. The monoisotopic (exact) mass is 327 g/mol. The van der Waals surface area contributed by atoms with Crippen LogP contribution in [0.1, 0.15) is 23.2 Å². The Morgan fingerprint density at radius 1 is 1.25 bits per heavy atom. The summed E-state index contributed by atoms with van der Waals surface area (Å²) in [7, 11) is 0. The van der Waals surface area contributed by atoms with E-state index in [2.05, 4.69) is 5.32 Å². The third-order valence-electron chi connectivity index (χ3n) is 3.62. The summed E-state index contributed by atoms with van der Waals surface area (Å²) in [6, 6.07) is 11.3. The maximum Gasteiger partial charge on any atom is 0.287 e. The van der Waals surface area contributed by atoms with Crippen molar-refractivity contribution in [2.75, 3.05) is 6.54 Å². The normalized spacial score (nSPS) is 13.6. The van der Waals surface area contributed by atoms with Crippen molar-refractivity contribution in [2.45, 2.75) is 18.9 Å². The fraction of sp³-hybridized carbons (Fsp3) is 0.222. The summed E-state index contributed by atoms with van der Waals surface area (Å²) in [5, 5.41) is 13.3. The van der Waals surface area contributed by atoms with Gasteiger partial charge in [-0.2, -0.15) is 0 Å². The van der Waals surface area contributed by atoms with E-state index in [9.17, 15) is 14.7 Å². The Bertz CT molecular complexity index is 909. The van der Waals surface area contributed by atoms with Crippen LogP contribution >= 0.6 is 0 Å². The second-order valence-corrected chi connectivity index (χ2v) is 5.91. The first kappa shape index (κ1) is 16.0. The first-order chi connectivity index (χ1) is 11.4. The molecule has 0 fully saturated rings. The van der Waals surface area contributed by atoms with Crippen LogP contribution in [0.3, 0.4) is 0 Å². The number of benzene rings is 1. The average Bonchev–Trinajstić information content (AvgIpc) is 3.05. The number of furan rings is 1. The van der Waals surface area contributed by atoms with Crippen LogP contribution in [0.4, 0.5) is 0 Å². The van der Waals surface area contributed by atoms with E-state index in [1.54, 1.807) is 43.3 Å². The first-order valence-corrected chi connectivity index (χ1v) is 7.50. The van der Waals surface area contributed by atoms with Gasteiger partial charge in [-0.3, -0.25) is 9.59 Å². The third kappa shape index (κ3) is 3.55. The Kier molecular flexibility index (Phi) is 4.22. The van der Waals surface area contributed by atoms with Gasteiger partial charge in [0.2, 0.25) is 0 Å². The Morgan fingerprint density at radius 3 is 2.79 bits per heavy atom. The Labute approximate surface area is 137 Å². The van der Waals surface area contributed by atoms with Crippen molar-refractivity contribution in [1.29, 1.82) is 0 Å². The molecular weight excluding hydrogens is 310 g/mol. The van der Waals surface area contributed by atoms with Gasteiger partial charge in [-0.05, 0) is 31.2 Å². The second kappa shape index (κ2) is 6.33. The number of hydrogen-bond donors (Lipinski definition) is 2. The van der Waals surface area contributed by atoms with Crippen molar-refractivity contribution in [1.82, 2.24) is 5.32 Å². The van der Waals surface area contributed by atoms with E-state index in [1.807, 2.05) is 0 Å². The molecule has 24 heavy (non-hydrogen) atoms.